The molecule has 0 aliphatic rings. The van der Waals surface area contributed by atoms with Gasteiger partial charge in [-0.2, -0.15) is 0 Å². The second-order valence-electron chi connectivity index (χ2n) is 1.95. The van der Waals surface area contributed by atoms with Crippen molar-refractivity contribution in [3.05, 3.63) is 0 Å². The van der Waals surface area contributed by atoms with Crippen LogP contribution in [0, 0.1) is 5.92 Å². The van der Waals surface area contributed by atoms with Gasteiger partial charge in [0.2, 0.25) is 0 Å². The summed E-state index contributed by atoms with van der Waals surface area (Å²) in [5.74, 6) is 0.787. The molecule has 0 aromatic carbocycles. The van der Waals surface area contributed by atoms with E-state index in [4.69, 9.17) is 0 Å². The first kappa shape index (κ1) is 5.96. The van der Waals surface area contributed by atoms with Gasteiger partial charge in [-0.3, -0.25) is 0 Å². The summed E-state index contributed by atoms with van der Waals surface area (Å²) in [5.41, 5.74) is 0. The van der Waals surface area contributed by atoms with E-state index < -0.39 is 0 Å². The molecule has 0 rings (SSSR count). The molecule has 0 aromatic heterocycles. The highest BCUT2D eigenvalue weighted by Gasteiger charge is 1.84. The Morgan fingerprint density at radius 2 is 2.17 bits per heavy atom. The standard InChI is InChI=1S/C5H13N.H2/c1-5(2)4-6-3;/h5-6H,4H2,1-3H3;1H. The Bertz CT molecular complexity index is 29.3. The van der Waals surface area contributed by atoms with Crippen LogP contribution in [0.4, 0.5) is 0 Å². The third-order valence-corrected chi connectivity index (χ3v) is 0.612. The van der Waals surface area contributed by atoms with Crippen molar-refractivity contribution >= 4 is 0 Å². The highest BCUT2D eigenvalue weighted by molar-refractivity contribution is 4.42. The first-order valence-electron chi connectivity index (χ1n) is 2.42. The van der Waals surface area contributed by atoms with Gasteiger partial charge >= 0.3 is 0 Å². The van der Waals surface area contributed by atoms with Gasteiger partial charge in [0.05, 0.1) is 0 Å². The van der Waals surface area contributed by atoms with Crippen molar-refractivity contribution in [3.63, 3.8) is 0 Å². The number of hydrogen-bond donors (Lipinski definition) is 1. The van der Waals surface area contributed by atoms with Crippen LogP contribution >= 0.6 is 0 Å². The topological polar surface area (TPSA) is 12.0 Å². The zero-order chi connectivity index (χ0) is 4.99. The van der Waals surface area contributed by atoms with E-state index in [1.54, 1.807) is 0 Å². The summed E-state index contributed by atoms with van der Waals surface area (Å²) in [6, 6.07) is 0. The molecule has 0 heterocycles. The third-order valence-electron chi connectivity index (χ3n) is 0.612. The summed E-state index contributed by atoms with van der Waals surface area (Å²) in [6.45, 7) is 5.51. The van der Waals surface area contributed by atoms with Crippen molar-refractivity contribution < 1.29 is 1.43 Å². The van der Waals surface area contributed by atoms with Gasteiger partial charge in [0.1, 0.15) is 0 Å². The van der Waals surface area contributed by atoms with Crippen molar-refractivity contribution in [2.75, 3.05) is 13.6 Å². The van der Waals surface area contributed by atoms with Gasteiger partial charge in [-0.1, -0.05) is 13.8 Å². The maximum atomic E-state index is 3.07. The molecule has 1 nitrogen and oxygen atoms in total. The third kappa shape index (κ3) is 3.96. The average molecular weight is 89.2 g/mol. The molecular weight excluding hydrogens is 74.1 g/mol. The molecule has 0 aliphatic heterocycles. The van der Waals surface area contributed by atoms with Gasteiger partial charge in [0.25, 0.3) is 0 Å². The lowest BCUT2D eigenvalue weighted by atomic mass is 10.2. The van der Waals surface area contributed by atoms with Crippen LogP contribution in [-0.2, 0) is 0 Å². The second kappa shape index (κ2) is 3.16. The van der Waals surface area contributed by atoms with Crippen LogP contribution in [0.15, 0.2) is 0 Å². The molecule has 1 N–H and O–H groups in total. The maximum Gasteiger partial charge on any atom is 0 e. The van der Waals surface area contributed by atoms with Gasteiger partial charge < -0.3 is 5.32 Å². The average Bonchev–Trinajstić information content (AvgIpc) is 1.35. The second-order valence-corrected chi connectivity index (χ2v) is 1.95. The monoisotopic (exact) mass is 89.1 g/mol. The van der Waals surface area contributed by atoms with Gasteiger partial charge in [0, 0.05) is 1.43 Å². The molecule has 0 aliphatic carbocycles. The van der Waals surface area contributed by atoms with E-state index in [0.29, 0.717) is 0 Å². The SMILES string of the molecule is CNCC(C)C.[HH]. The van der Waals surface area contributed by atoms with E-state index in [9.17, 15) is 0 Å². The predicted molar refractivity (Wildman–Crippen MR) is 30.9 cm³/mol. The van der Waals surface area contributed by atoms with Crippen LogP contribution in [0.3, 0.4) is 0 Å². The zero-order valence-corrected chi connectivity index (χ0v) is 4.78. The van der Waals surface area contributed by atoms with Gasteiger partial charge in [-0.25, -0.2) is 0 Å². The molecule has 6 heavy (non-hydrogen) atoms. The van der Waals surface area contributed by atoms with Crippen LogP contribution < -0.4 is 5.32 Å². The fourth-order valence-electron chi connectivity index (χ4n) is 0.408. The summed E-state index contributed by atoms with van der Waals surface area (Å²) in [7, 11) is 1.97. The highest BCUT2D eigenvalue weighted by Crippen LogP contribution is 1.83. The van der Waals surface area contributed by atoms with Crippen molar-refractivity contribution in [3.8, 4) is 0 Å². The lowest BCUT2D eigenvalue weighted by Gasteiger charge is -1.98. The first-order valence-corrected chi connectivity index (χ1v) is 2.42. The first-order chi connectivity index (χ1) is 2.77. The van der Waals surface area contributed by atoms with Crippen LogP contribution in [0.2, 0.25) is 0 Å². The van der Waals surface area contributed by atoms with Gasteiger partial charge in [-0.15, -0.1) is 0 Å². The lowest BCUT2D eigenvalue weighted by molar-refractivity contribution is 0.595. The summed E-state index contributed by atoms with van der Waals surface area (Å²) >= 11 is 0. The molecule has 0 spiro atoms. The van der Waals surface area contributed by atoms with E-state index in [1.165, 1.54) is 0 Å². The Balaban J connectivity index is 0. The maximum absolute atomic E-state index is 3.07. The Labute approximate surface area is 41.2 Å². The molecule has 0 bridgehead atoms. The van der Waals surface area contributed by atoms with E-state index in [-0.39, 0.29) is 1.43 Å². The summed E-state index contributed by atoms with van der Waals surface area (Å²) in [4.78, 5) is 0. The predicted octanol–water partition coefficient (Wildman–Crippen LogP) is 1.11. The Hall–Kier alpha value is -0.0400. The van der Waals surface area contributed by atoms with Crippen molar-refractivity contribution in [1.29, 1.82) is 0 Å². The van der Waals surface area contributed by atoms with Crippen LogP contribution in [0.25, 0.3) is 0 Å². The smallest absolute Gasteiger partial charge is 0 e. The number of hydrogen-bond acceptors (Lipinski definition) is 1. The molecule has 0 radical (unpaired) electrons. The molecule has 0 saturated carbocycles. The summed E-state index contributed by atoms with van der Waals surface area (Å²) < 4.78 is 0. The van der Waals surface area contributed by atoms with Crippen molar-refractivity contribution in [1.82, 2.24) is 5.32 Å². The van der Waals surface area contributed by atoms with Crippen LogP contribution in [0.5, 0.6) is 0 Å². The van der Waals surface area contributed by atoms with E-state index >= 15 is 0 Å². The Morgan fingerprint density at radius 3 is 2.17 bits per heavy atom. The van der Waals surface area contributed by atoms with E-state index in [0.717, 1.165) is 12.5 Å². The molecule has 40 valence electrons. The largest absolute Gasteiger partial charge is 0.319 e. The molecule has 0 amide bonds. The molecular formula is C5H15N. The fraction of sp³-hybridized carbons (Fsp3) is 1.00. The van der Waals surface area contributed by atoms with Gasteiger partial charge in [-0.05, 0) is 19.5 Å². The quantitative estimate of drug-likeness (QED) is 0.534. The zero-order valence-electron chi connectivity index (χ0n) is 4.78. The molecule has 0 fully saturated rings. The van der Waals surface area contributed by atoms with E-state index in [1.807, 2.05) is 7.05 Å². The normalized spacial score (nSPS) is 10.0. The molecule has 0 saturated heterocycles. The summed E-state index contributed by atoms with van der Waals surface area (Å²) in [6.07, 6.45) is 0. The van der Waals surface area contributed by atoms with Crippen LogP contribution in [-0.4, -0.2) is 13.6 Å². The van der Waals surface area contributed by atoms with E-state index in [2.05, 4.69) is 19.2 Å². The minimum atomic E-state index is 0. The number of nitrogens with one attached hydrogen (secondary N) is 1. The highest BCUT2D eigenvalue weighted by atomic mass is 14.8. The fourth-order valence-corrected chi connectivity index (χ4v) is 0.408. The Kier molecular flexibility index (Phi) is 3.14. The lowest BCUT2D eigenvalue weighted by Crippen LogP contribution is -2.12. The summed E-state index contributed by atoms with van der Waals surface area (Å²) in [5, 5.41) is 3.07. The molecule has 0 unspecified atom stereocenters. The van der Waals surface area contributed by atoms with Gasteiger partial charge in [0.15, 0.2) is 0 Å². The van der Waals surface area contributed by atoms with Crippen molar-refractivity contribution in [2.45, 2.75) is 13.8 Å². The molecule has 1 heteroatoms. The Morgan fingerprint density at radius 1 is 1.67 bits per heavy atom. The minimum absolute atomic E-state index is 0. The van der Waals surface area contributed by atoms with Crippen LogP contribution in [0.1, 0.15) is 15.3 Å². The van der Waals surface area contributed by atoms with Crippen molar-refractivity contribution in [2.24, 2.45) is 5.92 Å². The molecule has 0 atom stereocenters. The molecule has 0 aromatic rings. The number of rotatable bonds is 2. The minimum Gasteiger partial charge on any atom is -0.319 e.